The molecule has 3 nitrogen and oxygen atoms in total. The first kappa shape index (κ1) is 18.0. The normalized spacial score (nSPS) is 11.5. The molecule has 0 saturated carbocycles. The van der Waals surface area contributed by atoms with E-state index in [2.05, 4.69) is 10.3 Å². The summed E-state index contributed by atoms with van der Waals surface area (Å²) < 4.78 is 40.8. The van der Waals surface area contributed by atoms with Crippen molar-refractivity contribution in [1.29, 1.82) is 0 Å². The smallest absolute Gasteiger partial charge is 0.240 e. The average molecular weight is 379 g/mol. The lowest BCUT2D eigenvalue weighted by atomic mass is 10.0. The molecule has 140 valence electrons. The van der Waals surface area contributed by atoms with E-state index in [4.69, 9.17) is 0 Å². The Hall–Kier alpha value is -3.41. The monoisotopic (exact) mass is 379 g/mol. The standard InChI is InChI=1S/C22H16F3N3/c23-22(24,25)19-13-7-8-16(14-19)15-28-21(18-11-5-2-6-12-18)20(26-27-28)17-9-3-1-4-10-17/h1-14H,15H2. The van der Waals surface area contributed by atoms with Gasteiger partial charge >= 0.3 is 6.18 Å². The zero-order valence-corrected chi connectivity index (χ0v) is 14.8. The van der Waals surface area contributed by atoms with Gasteiger partial charge in [0.15, 0.2) is 0 Å². The van der Waals surface area contributed by atoms with E-state index in [9.17, 15) is 13.2 Å². The number of nitrogens with zero attached hydrogens (tertiary/aromatic N) is 3. The largest absolute Gasteiger partial charge is 0.416 e. The second kappa shape index (κ2) is 7.31. The molecule has 0 aliphatic heterocycles. The molecule has 0 spiro atoms. The first-order chi connectivity index (χ1) is 13.5. The van der Waals surface area contributed by atoms with Crippen LogP contribution < -0.4 is 0 Å². The Morgan fingerprint density at radius 2 is 1.39 bits per heavy atom. The Morgan fingerprint density at radius 3 is 2.04 bits per heavy atom. The van der Waals surface area contributed by atoms with Crippen LogP contribution in [0, 0.1) is 0 Å². The molecule has 4 aromatic rings. The van der Waals surface area contributed by atoms with E-state index in [-0.39, 0.29) is 6.54 Å². The topological polar surface area (TPSA) is 30.7 Å². The van der Waals surface area contributed by atoms with Crippen LogP contribution in [-0.2, 0) is 12.7 Å². The van der Waals surface area contributed by atoms with Crippen molar-refractivity contribution in [3.05, 3.63) is 96.1 Å². The van der Waals surface area contributed by atoms with E-state index < -0.39 is 11.7 Å². The maximum Gasteiger partial charge on any atom is 0.416 e. The quantitative estimate of drug-likeness (QED) is 0.457. The zero-order chi connectivity index (χ0) is 19.6. The van der Waals surface area contributed by atoms with E-state index in [1.54, 1.807) is 10.7 Å². The van der Waals surface area contributed by atoms with Crippen LogP contribution in [-0.4, -0.2) is 15.0 Å². The third kappa shape index (κ3) is 3.67. The third-order valence-electron chi connectivity index (χ3n) is 4.42. The fraction of sp³-hybridized carbons (Fsp3) is 0.0909. The number of halogens is 3. The van der Waals surface area contributed by atoms with Gasteiger partial charge in [0.05, 0.1) is 17.8 Å². The SMILES string of the molecule is FC(F)(F)c1cccc(Cn2nnc(-c3ccccc3)c2-c2ccccc2)c1. The highest BCUT2D eigenvalue weighted by Crippen LogP contribution is 2.32. The highest BCUT2D eigenvalue weighted by molar-refractivity contribution is 5.77. The number of hydrogen-bond donors (Lipinski definition) is 0. The summed E-state index contributed by atoms with van der Waals surface area (Å²) >= 11 is 0. The van der Waals surface area contributed by atoms with Crippen molar-refractivity contribution in [3.8, 4) is 22.5 Å². The van der Waals surface area contributed by atoms with Gasteiger partial charge in [-0.25, -0.2) is 4.68 Å². The number of rotatable bonds is 4. The van der Waals surface area contributed by atoms with Crippen molar-refractivity contribution in [2.24, 2.45) is 0 Å². The summed E-state index contributed by atoms with van der Waals surface area (Å²) in [6.45, 7) is 0.188. The Kier molecular flexibility index (Phi) is 4.69. The lowest BCUT2D eigenvalue weighted by Gasteiger charge is -2.11. The molecule has 0 fully saturated rings. The molecule has 0 aliphatic carbocycles. The van der Waals surface area contributed by atoms with E-state index in [0.717, 1.165) is 29.0 Å². The van der Waals surface area contributed by atoms with Gasteiger partial charge in [0.1, 0.15) is 5.69 Å². The molecule has 1 aromatic heterocycles. The molecular formula is C22H16F3N3. The van der Waals surface area contributed by atoms with Crippen molar-refractivity contribution in [2.45, 2.75) is 12.7 Å². The maximum atomic E-state index is 13.0. The molecule has 4 rings (SSSR count). The van der Waals surface area contributed by atoms with E-state index in [1.807, 2.05) is 60.7 Å². The fourth-order valence-electron chi connectivity index (χ4n) is 3.11. The fourth-order valence-corrected chi connectivity index (χ4v) is 3.11. The van der Waals surface area contributed by atoms with Crippen LogP contribution in [0.4, 0.5) is 13.2 Å². The lowest BCUT2D eigenvalue weighted by molar-refractivity contribution is -0.137. The summed E-state index contributed by atoms with van der Waals surface area (Å²) in [5.41, 5.74) is 3.10. The summed E-state index contributed by atoms with van der Waals surface area (Å²) in [4.78, 5) is 0. The highest BCUT2D eigenvalue weighted by atomic mass is 19.4. The minimum Gasteiger partial charge on any atom is -0.240 e. The van der Waals surface area contributed by atoms with E-state index in [1.165, 1.54) is 6.07 Å². The molecule has 0 atom stereocenters. The van der Waals surface area contributed by atoms with Crippen LogP contribution in [0.1, 0.15) is 11.1 Å². The van der Waals surface area contributed by atoms with Gasteiger partial charge in [-0.3, -0.25) is 0 Å². The van der Waals surface area contributed by atoms with Crippen LogP contribution in [0.15, 0.2) is 84.9 Å². The number of alkyl halides is 3. The molecule has 0 unspecified atom stereocenters. The summed E-state index contributed by atoms with van der Waals surface area (Å²) in [5, 5.41) is 8.56. The van der Waals surface area contributed by atoms with E-state index in [0.29, 0.717) is 11.3 Å². The summed E-state index contributed by atoms with van der Waals surface area (Å²) in [6.07, 6.45) is -4.38. The molecule has 0 aliphatic rings. The second-order valence-corrected chi connectivity index (χ2v) is 6.37. The van der Waals surface area contributed by atoms with Gasteiger partial charge in [-0.2, -0.15) is 13.2 Å². The van der Waals surface area contributed by atoms with Gasteiger partial charge in [0.25, 0.3) is 0 Å². The highest BCUT2D eigenvalue weighted by Gasteiger charge is 2.30. The minimum atomic E-state index is -4.38. The Labute approximate surface area is 160 Å². The van der Waals surface area contributed by atoms with Gasteiger partial charge in [-0.05, 0) is 17.7 Å². The molecule has 0 saturated heterocycles. The third-order valence-corrected chi connectivity index (χ3v) is 4.42. The lowest BCUT2D eigenvalue weighted by Crippen LogP contribution is -2.08. The molecule has 1 heterocycles. The second-order valence-electron chi connectivity index (χ2n) is 6.37. The summed E-state index contributed by atoms with van der Waals surface area (Å²) in [5.74, 6) is 0. The van der Waals surface area contributed by atoms with Crippen LogP contribution >= 0.6 is 0 Å². The van der Waals surface area contributed by atoms with Crippen molar-refractivity contribution in [2.75, 3.05) is 0 Å². The van der Waals surface area contributed by atoms with Gasteiger partial charge in [0.2, 0.25) is 0 Å². The molecule has 28 heavy (non-hydrogen) atoms. The van der Waals surface area contributed by atoms with Crippen molar-refractivity contribution in [1.82, 2.24) is 15.0 Å². The van der Waals surface area contributed by atoms with Crippen LogP contribution in [0.25, 0.3) is 22.5 Å². The van der Waals surface area contributed by atoms with Gasteiger partial charge in [-0.15, -0.1) is 5.10 Å². The van der Waals surface area contributed by atoms with Crippen molar-refractivity contribution in [3.63, 3.8) is 0 Å². The van der Waals surface area contributed by atoms with Crippen molar-refractivity contribution >= 4 is 0 Å². The number of hydrogen-bond acceptors (Lipinski definition) is 2. The Balaban J connectivity index is 1.79. The minimum absolute atomic E-state index is 0.188. The molecule has 0 bridgehead atoms. The first-order valence-corrected chi connectivity index (χ1v) is 8.73. The van der Waals surface area contributed by atoms with Crippen LogP contribution in [0.2, 0.25) is 0 Å². The summed E-state index contributed by atoms with van der Waals surface area (Å²) in [7, 11) is 0. The van der Waals surface area contributed by atoms with E-state index >= 15 is 0 Å². The van der Waals surface area contributed by atoms with Gasteiger partial charge < -0.3 is 0 Å². The first-order valence-electron chi connectivity index (χ1n) is 8.73. The molecule has 6 heteroatoms. The maximum absolute atomic E-state index is 13.0. The van der Waals surface area contributed by atoms with Crippen LogP contribution in [0.3, 0.4) is 0 Å². The Bertz CT molecular complexity index is 1070. The number of aromatic nitrogens is 3. The van der Waals surface area contributed by atoms with Gasteiger partial charge in [0, 0.05) is 11.1 Å². The van der Waals surface area contributed by atoms with Crippen LogP contribution in [0.5, 0.6) is 0 Å². The molecule has 3 aromatic carbocycles. The molecular weight excluding hydrogens is 363 g/mol. The van der Waals surface area contributed by atoms with Crippen molar-refractivity contribution < 1.29 is 13.2 Å². The number of benzene rings is 3. The predicted molar refractivity (Wildman–Crippen MR) is 101 cm³/mol. The molecule has 0 radical (unpaired) electrons. The van der Waals surface area contributed by atoms with Gasteiger partial charge in [-0.1, -0.05) is 78.0 Å². The average Bonchev–Trinajstić information content (AvgIpc) is 3.12. The molecule has 0 N–H and O–H groups in total. The summed E-state index contributed by atoms with van der Waals surface area (Å²) in [6, 6.07) is 24.5. The molecule has 0 amide bonds. The predicted octanol–water partition coefficient (Wildman–Crippen LogP) is 5.68. The zero-order valence-electron chi connectivity index (χ0n) is 14.8. The Morgan fingerprint density at radius 1 is 0.750 bits per heavy atom.